The number of rotatable bonds is 5. The number of carbonyl (C=O) groups excluding carboxylic acids is 1. The molecule has 2 N–H and O–H groups in total. The fraction of sp³-hybridized carbons (Fsp3) is 0.353. The van der Waals surface area contributed by atoms with Crippen molar-refractivity contribution in [3.05, 3.63) is 47.1 Å². The molecule has 24 heavy (non-hydrogen) atoms. The van der Waals surface area contributed by atoms with Crippen molar-refractivity contribution in [2.45, 2.75) is 22.8 Å². The van der Waals surface area contributed by atoms with E-state index in [1.807, 2.05) is 24.3 Å². The highest BCUT2D eigenvalue weighted by Gasteiger charge is 2.15. The first-order valence-corrected chi connectivity index (χ1v) is 9.17. The molecule has 0 aliphatic carbocycles. The number of nitrogens with zero attached hydrogens (tertiary/aromatic N) is 2. The van der Waals surface area contributed by atoms with Crippen molar-refractivity contribution in [2.75, 3.05) is 19.6 Å². The summed E-state index contributed by atoms with van der Waals surface area (Å²) in [6.07, 6.45) is 2.31. The molecule has 1 saturated heterocycles. The van der Waals surface area contributed by atoms with Gasteiger partial charge in [-0.15, -0.1) is 10.2 Å². The molecule has 0 saturated carbocycles. The first-order valence-electron chi connectivity index (χ1n) is 7.97. The quantitative estimate of drug-likeness (QED) is 0.855. The zero-order valence-corrected chi connectivity index (χ0v) is 14.7. The normalized spacial score (nSPS) is 17.5. The highest BCUT2D eigenvalue weighted by Crippen LogP contribution is 2.31. The number of amides is 1. The number of hydrogen-bond donors (Lipinski definition) is 2. The van der Waals surface area contributed by atoms with Crippen LogP contribution in [0.4, 0.5) is 0 Å². The van der Waals surface area contributed by atoms with E-state index < -0.39 is 0 Å². The molecule has 1 aliphatic heterocycles. The van der Waals surface area contributed by atoms with E-state index in [9.17, 15) is 4.79 Å². The fourth-order valence-corrected chi connectivity index (χ4v) is 3.57. The van der Waals surface area contributed by atoms with Gasteiger partial charge in [-0.1, -0.05) is 35.5 Å². The Kier molecular flexibility index (Phi) is 6.07. The third kappa shape index (κ3) is 4.69. The van der Waals surface area contributed by atoms with Crippen LogP contribution < -0.4 is 10.6 Å². The zero-order valence-electron chi connectivity index (χ0n) is 13.2. The lowest BCUT2D eigenvalue weighted by Crippen LogP contribution is -2.38. The van der Waals surface area contributed by atoms with Gasteiger partial charge in [0.1, 0.15) is 5.03 Å². The van der Waals surface area contributed by atoms with Gasteiger partial charge in [-0.3, -0.25) is 4.79 Å². The maximum Gasteiger partial charge on any atom is 0.271 e. The van der Waals surface area contributed by atoms with E-state index in [1.165, 1.54) is 11.8 Å². The Hall–Kier alpha value is -1.63. The summed E-state index contributed by atoms with van der Waals surface area (Å²) in [5, 5.41) is 15.8. The standard InChI is InChI=1S/C17H19ClN4OS/c18-13-5-1-2-6-15(13)24-16-8-7-14(21-22-16)17(23)20-11-12-4-3-9-19-10-12/h1-2,5-8,12,19H,3-4,9-11H2,(H,20,23). The molecule has 0 radical (unpaired) electrons. The fourth-order valence-electron chi connectivity index (χ4n) is 2.56. The summed E-state index contributed by atoms with van der Waals surface area (Å²) in [4.78, 5) is 13.1. The number of piperidine rings is 1. The van der Waals surface area contributed by atoms with Gasteiger partial charge in [0.15, 0.2) is 5.69 Å². The number of benzene rings is 1. The summed E-state index contributed by atoms with van der Waals surface area (Å²) in [5.74, 6) is 0.313. The minimum Gasteiger partial charge on any atom is -0.350 e. The smallest absolute Gasteiger partial charge is 0.271 e. The van der Waals surface area contributed by atoms with Gasteiger partial charge in [-0.25, -0.2) is 0 Å². The lowest BCUT2D eigenvalue weighted by Gasteiger charge is -2.22. The molecule has 1 aromatic heterocycles. The summed E-state index contributed by atoms with van der Waals surface area (Å²) in [5.41, 5.74) is 0.335. The molecule has 0 bridgehead atoms. The number of halogens is 1. The summed E-state index contributed by atoms with van der Waals surface area (Å²) in [6.45, 7) is 2.70. The highest BCUT2D eigenvalue weighted by atomic mass is 35.5. The van der Waals surface area contributed by atoms with Gasteiger partial charge >= 0.3 is 0 Å². The largest absolute Gasteiger partial charge is 0.350 e. The third-order valence-electron chi connectivity index (χ3n) is 3.87. The molecular formula is C17H19ClN4OS. The second-order valence-electron chi connectivity index (χ2n) is 5.71. The third-order valence-corrected chi connectivity index (χ3v) is 5.32. The number of hydrogen-bond acceptors (Lipinski definition) is 5. The Bertz CT molecular complexity index is 689. The second kappa shape index (κ2) is 8.46. The van der Waals surface area contributed by atoms with Crippen LogP contribution in [0.25, 0.3) is 0 Å². The molecule has 1 fully saturated rings. The number of aromatic nitrogens is 2. The minimum absolute atomic E-state index is 0.178. The molecule has 7 heteroatoms. The van der Waals surface area contributed by atoms with E-state index in [1.54, 1.807) is 12.1 Å². The molecule has 3 rings (SSSR count). The van der Waals surface area contributed by atoms with Crippen molar-refractivity contribution in [1.82, 2.24) is 20.8 Å². The Morgan fingerprint density at radius 1 is 1.29 bits per heavy atom. The van der Waals surface area contributed by atoms with Gasteiger partial charge in [0.05, 0.1) is 5.02 Å². The van der Waals surface area contributed by atoms with Gasteiger partial charge in [0.2, 0.25) is 0 Å². The van der Waals surface area contributed by atoms with Gasteiger partial charge in [-0.2, -0.15) is 0 Å². The van der Waals surface area contributed by atoms with Crippen LogP contribution in [-0.2, 0) is 0 Å². The van der Waals surface area contributed by atoms with Crippen LogP contribution in [0, 0.1) is 5.92 Å². The summed E-state index contributed by atoms with van der Waals surface area (Å²) in [7, 11) is 0. The Morgan fingerprint density at radius 3 is 2.88 bits per heavy atom. The Morgan fingerprint density at radius 2 is 2.17 bits per heavy atom. The summed E-state index contributed by atoms with van der Waals surface area (Å²) >= 11 is 7.56. The molecule has 1 atom stereocenters. The highest BCUT2D eigenvalue weighted by molar-refractivity contribution is 7.99. The molecule has 126 valence electrons. The van der Waals surface area contributed by atoms with Crippen molar-refractivity contribution in [1.29, 1.82) is 0 Å². The van der Waals surface area contributed by atoms with Crippen molar-refractivity contribution in [3.8, 4) is 0 Å². The van der Waals surface area contributed by atoms with Crippen molar-refractivity contribution in [2.24, 2.45) is 5.92 Å². The number of carbonyl (C=O) groups is 1. The van der Waals surface area contributed by atoms with Crippen molar-refractivity contribution < 1.29 is 4.79 Å². The van der Waals surface area contributed by atoms with E-state index in [2.05, 4.69) is 20.8 Å². The lowest BCUT2D eigenvalue weighted by atomic mass is 10.00. The van der Waals surface area contributed by atoms with Crippen LogP contribution in [0.2, 0.25) is 5.02 Å². The van der Waals surface area contributed by atoms with Gasteiger partial charge in [-0.05, 0) is 56.1 Å². The average molecular weight is 363 g/mol. The lowest BCUT2D eigenvalue weighted by molar-refractivity contribution is 0.0938. The van der Waals surface area contributed by atoms with Crippen molar-refractivity contribution in [3.63, 3.8) is 0 Å². The van der Waals surface area contributed by atoms with Crippen LogP contribution >= 0.6 is 23.4 Å². The van der Waals surface area contributed by atoms with Gasteiger partial charge in [0.25, 0.3) is 5.91 Å². The van der Waals surface area contributed by atoms with Crippen LogP contribution in [0.15, 0.2) is 46.3 Å². The zero-order chi connectivity index (χ0) is 16.8. The van der Waals surface area contributed by atoms with Crippen molar-refractivity contribution >= 4 is 29.3 Å². The predicted octanol–water partition coefficient (Wildman–Crippen LogP) is 3.01. The van der Waals surface area contributed by atoms with Crippen LogP contribution in [0.1, 0.15) is 23.3 Å². The molecule has 2 aromatic rings. The van der Waals surface area contributed by atoms with E-state index in [0.29, 0.717) is 28.2 Å². The Balaban J connectivity index is 1.55. The molecule has 5 nitrogen and oxygen atoms in total. The average Bonchev–Trinajstić information content (AvgIpc) is 2.63. The van der Waals surface area contributed by atoms with Gasteiger partial charge in [0, 0.05) is 11.4 Å². The monoisotopic (exact) mass is 362 g/mol. The maximum absolute atomic E-state index is 12.1. The molecule has 1 aliphatic rings. The van der Waals surface area contributed by atoms with Crippen LogP contribution in [-0.4, -0.2) is 35.7 Å². The first-order chi connectivity index (χ1) is 11.7. The van der Waals surface area contributed by atoms with Crippen LogP contribution in [0.5, 0.6) is 0 Å². The number of nitrogens with one attached hydrogen (secondary N) is 2. The second-order valence-corrected chi connectivity index (χ2v) is 7.18. The molecule has 1 amide bonds. The first kappa shape index (κ1) is 17.2. The topological polar surface area (TPSA) is 66.9 Å². The predicted molar refractivity (Wildman–Crippen MR) is 95.5 cm³/mol. The SMILES string of the molecule is O=C(NCC1CCCNC1)c1ccc(Sc2ccccc2Cl)nn1. The molecule has 0 spiro atoms. The molecule has 1 unspecified atom stereocenters. The minimum atomic E-state index is -0.178. The van der Waals surface area contributed by atoms with Crippen LogP contribution in [0.3, 0.4) is 0 Å². The van der Waals surface area contributed by atoms with E-state index in [0.717, 1.165) is 30.8 Å². The van der Waals surface area contributed by atoms with E-state index >= 15 is 0 Å². The Labute approximate surface area is 150 Å². The molecule has 1 aromatic carbocycles. The molecule has 2 heterocycles. The molecular weight excluding hydrogens is 344 g/mol. The maximum atomic E-state index is 12.1. The van der Waals surface area contributed by atoms with E-state index in [4.69, 9.17) is 11.6 Å². The summed E-state index contributed by atoms with van der Waals surface area (Å²) in [6, 6.07) is 11.0. The van der Waals surface area contributed by atoms with Gasteiger partial charge < -0.3 is 10.6 Å². The van der Waals surface area contributed by atoms with E-state index in [-0.39, 0.29) is 5.91 Å². The summed E-state index contributed by atoms with van der Waals surface area (Å²) < 4.78 is 0.